The number of hydrogen-bond acceptors (Lipinski definition) is 5. The molecule has 0 radical (unpaired) electrons. The Bertz CT molecular complexity index is 1020. The van der Waals surface area contributed by atoms with Gasteiger partial charge in [-0.25, -0.2) is 4.68 Å². The molecule has 0 aliphatic carbocycles. The van der Waals surface area contributed by atoms with Crippen molar-refractivity contribution in [2.24, 2.45) is 0 Å². The first-order valence-electron chi connectivity index (χ1n) is 10.5. The highest BCUT2D eigenvalue weighted by Crippen LogP contribution is 2.20. The van der Waals surface area contributed by atoms with Crippen LogP contribution in [0.2, 0.25) is 0 Å². The summed E-state index contributed by atoms with van der Waals surface area (Å²) in [4.78, 5) is 17.6. The Kier molecular flexibility index (Phi) is 6.01. The van der Waals surface area contributed by atoms with Crippen LogP contribution in [0.15, 0.2) is 29.1 Å². The number of tetrazole rings is 1. The molecule has 8 nitrogen and oxygen atoms in total. The van der Waals surface area contributed by atoms with E-state index in [0.717, 1.165) is 54.6 Å². The lowest BCUT2D eigenvalue weighted by Crippen LogP contribution is -3.13. The van der Waals surface area contributed by atoms with Crippen molar-refractivity contribution in [2.75, 3.05) is 26.8 Å². The van der Waals surface area contributed by atoms with Crippen LogP contribution >= 0.6 is 0 Å². The third-order valence-electron chi connectivity index (χ3n) is 5.89. The zero-order valence-electron chi connectivity index (χ0n) is 17.1. The normalized spacial score (nSPS) is 16.3. The van der Waals surface area contributed by atoms with Gasteiger partial charge in [-0.2, -0.15) is 0 Å². The van der Waals surface area contributed by atoms with E-state index in [0.29, 0.717) is 13.2 Å². The third kappa shape index (κ3) is 4.09. The summed E-state index contributed by atoms with van der Waals surface area (Å²) in [7, 11) is 1.66. The van der Waals surface area contributed by atoms with E-state index in [-0.39, 0.29) is 11.6 Å². The van der Waals surface area contributed by atoms with Crippen molar-refractivity contribution in [3.63, 3.8) is 0 Å². The van der Waals surface area contributed by atoms with Crippen LogP contribution in [-0.2, 0) is 17.7 Å². The minimum Gasteiger partial charge on any atom is -0.383 e. The number of fused-ring (bicyclic) bond motifs is 1. The molecule has 8 heteroatoms. The first-order valence-corrected chi connectivity index (χ1v) is 10.5. The van der Waals surface area contributed by atoms with Gasteiger partial charge < -0.3 is 14.6 Å². The van der Waals surface area contributed by atoms with E-state index in [1.165, 1.54) is 16.9 Å². The summed E-state index contributed by atoms with van der Waals surface area (Å²) >= 11 is 0. The third-order valence-corrected chi connectivity index (χ3v) is 5.89. The Labute approximate surface area is 169 Å². The van der Waals surface area contributed by atoms with Gasteiger partial charge in [0.2, 0.25) is 5.82 Å². The highest BCUT2D eigenvalue weighted by Gasteiger charge is 2.34. The number of aryl methyl sites for hydroxylation is 1. The number of hydrogen-bond donors (Lipinski definition) is 2. The van der Waals surface area contributed by atoms with Gasteiger partial charge in [0.25, 0.3) is 5.56 Å². The Morgan fingerprint density at radius 2 is 2.07 bits per heavy atom. The van der Waals surface area contributed by atoms with Crippen molar-refractivity contribution < 1.29 is 9.64 Å². The van der Waals surface area contributed by atoms with Crippen molar-refractivity contribution in [2.45, 2.75) is 45.2 Å². The number of rotatable bonds is 7. The number of nitrogens with zero attached hydrogens (tertiary/aromatic N) is 4. The summed E-state index contributed by atoms with van der Waals surface area (Å²) in [6.07, 6.45) is 4.49. The molecule has 1 aliphatic heterocycles. The van der Waals surface area contributed by atoms with Crippen LogP contribution in [-0.4, -0.2) is 52.0 Å². The minimum atomic E-state index is -0.194. The molecule has 29 heavy (non-hydrogen) atoms. The number of pyridine rings is 1. The van der Waals surface area contributed by atoms with Crippen LogP contribution in [0.1, 0.15) is 49.2 Å². The second-order valence-electron chi connectivity index (χ2n) is 7.73. The number of aromatic amines is 1. The smallest absolute Gasteiger partial charge is 0.258 e. The van der Waals surface area contributed by atoms with Gasteiger partial charge in [-0.1, -0.05) is 13.0 Å². The first-order chi connectivity index (χ1) is 14.2. The van der Waals surface area contributed by atoms with E-state index >= 15 is 0 Å². The van der Waals surface area contributed by atoms with E-state index < -0.39 is 0 Å². The Morgan fingerprint density at radius 1 is 1.24 bits per heavy atom. The average molecular weight is 398 g/mol. The largest absolute Gasteiger partial charge is 0.383 e. The predicted octanol–water partition coefficient (Wildman–Crippen LogP) is 0.882. The predicted molar refractivity (Wildman–Crippen MR) is 110 cm³/mol. The molecule has 1 atom stereocenters. The van der Waals surface area contributed by atoms with E-state index in [1.54, 1.807) is 11.8 Å². The van der Waals surface area contributed by atoms with E-state index in [9.17, 15) is 4.79 Å². The quantitative estimate of drug-likeness (QED) is 0.618. The highest BCUT2D eigenvalue weighted by molar-refractivity contribution is 5.79. The van der Waals surface area contributed by atoms with Gasteiger partial charge in [0.1, 0.15) is 0 Å². The maximum Gasteiger partial charge on any atom is 0.258 e. The molecule has 0 spiro atoms. The van der Waals surface area contributed by atoms with Crippen molar-refractivity contribution >= 4 is 10.9 Å². The molecule has 2 N–H and O–H groups in total. The van der Waals surface area contributed by atoms with Gasteiger partial charge in [0.05, 0.1) is 31.8 Å². The number of aromatic nitrogens is 5. The molecular weight excluding hydrogens is 368 g/mol. The lowest BCUT2D eigenvalue weighted by Gasteiger charge is -2.30. The monoisotopic (exact) mass is 397 g/mol. The zero-order chi connectivity index (χ0) is 20.2. The molecule has 1 aromatic carbocycles. The Hall–Kier alpha value is -2.58. The Morgan fingerprint density at radius 3 is 2.83 bits per heavy atom. The van der Waals surface area contributed by atoms with Gasteiger partial charge in [0, 0.05) is 12.6 Å². The summed E-state index contributed by atoms with van der Waals surface area (Å²) in [6.45, 7) is 5.24. The molecule has 0 bridgehead atoms. The zero-order valence-corrected chi connectivity index (χ0v) is 17.1. The van der Waals surface area contributed by atoms with Crippen LogP contribution in [0.3, 0.4) is 0 Å². The van der Waals surface area contributed by atoms with Gasteiger partial charge in [-0.3, -0.25) is 4.79 Å². The topological polar surface area (TPSA) is 90.1 Å². The van der Waals surface area contributed by atoms with Gasteiger partial charge >= 0.3 is 0 Å². The summed E-state index contributed by atoms with van der Waals surface area (Å²) in [5, 5.41) is 13.5. The van der Waals surface area contributed by atoms with Crippen LogP contribution < -0.4 is 10.5 Å². The molecule has 4 rings (SSSR count). The van der Waals surface area contributed by atoms with Gasteiger partial charge in [-0.05, 0) is 65.3 Å². The van der Waals surface area contributed by atoms with Crippen LogP contribution in [0, 0.1) is 0 Å². The van der Waals surface area contributed by atoms with E-state index in [4.69, 9.17) is 4.74 Å². The number of quaternary nitrogens is 1. The Balaban J connectivity index is 1.83. The fourth-order valence-electron chi connectivity index (χ4n) is 4.30. The highest BCUT2D eigenvalue weighted by atomic mass is 16.5. The molecule has 0 saturated carbocycles. The maximum absolute atomic E-state index is 13.1. The summed E-state index contributed by atoms with van der Waals surface area (Å²) in [6, 6.07) is 8.06. The molecule has 0 amide bonds. The molecule has 1 fully saturated rings. The molecular formula is C21H29N6O2+. The number of nitrogens with one attached hydrogen (secondary N) is 2. The van der Waals surface area contributed by atoms with Crippen LogP contribution in [0.4, 0.5) is 0 Å². The number of ether oxygens (including phenoxy) is 1. The fraction of sp³-hybridized carbons (Fsp3) is 0.524. The van der Waals surface area contributed by atoms with Crippen molar-refractivity contribution in [1.82, 2.24) is 25.2 Å². The van der Waals surface area contributed by atoms with Crippen molar-refractivity contribution in [1.29, 1.82) is 0 Å². The van der Waals surface area contributed by atoms with Crippen LogP contribution in [0.25, 0.3) is 10.9 Å². The summed E-state index contributed by atoms with van der Waals surface area (Å²) in [5.41, 5.74) is 2.78. The first kappa shape index (κ1) is 19.7. The molecule has 154 valence electrons. The molecule has 0 unspecified atom stereocenters. The van der Waals surface area contributed by atoms with Crippen molar-refractivity contribution in [3.8, 4) is 0 Å². The minimum absolute atomic E-state index is 0.0638. The average Bonchev–Trinajstić information content (AvgIpc) is 3.21. The van der Waals surface area contributed by atoms with Gasteiger partial charge in [-0.15, -0.1) is 5.10 Å². The number of piperidine rings is 1. The second-order valence-corrected chi connectivity index (χ2v) is 7.73. The molecule has 2 aromatic heterocycles. The molecule has 3 aromatic rings. The summed E-state index contributed by atoms with van der Waals surface area (Å²) in [5.74, 6) is 0.732. The van der Waals surface area contributed by atoms with E-state index in [2.05, 4.69) is 39.6 Å². The molecule has 1 saturated heterocycles. The number of H-pyrrole nitrogens is 1. The van der Waals surface area contributed by atoms with Crippen molar-refractivity contribution in [3.05, 3.63) is 51.6 Å². The lowest BCUT2D eigenvalue weighted by atomic mass is 9.99. The van der Waals surface area contributed by atoms with Gasteiger partial charge in [0.15, 0.2) is 6.04 Å². The number of methoxy groups -OCH3 is 1. The molecule has 3 heterocycles. The fourth-order valence-corrected chi connectivity index (χ4v) is 4.30. The van der Waals surface area contributed by atoms with E-state index in [1.807, 2.05) is 12.1 Å². The summed E-state index contributed by atoms with van der Waals surface area (Å²) < 4.78 is 7.00. The molecule has 1 aliphatic rings. The number of likely N-dealkylation sites (tertiary alicyclic amines) is 1. The number of benzene rings is 1. The standard InChI is InChI=1S/C21H28N6O2/c1-3-15-7-8-18-16(13-15)14-17(21(28)22-18)19(26-9-5-4-6-10-26)20-23-24-25-27(20)11-12-29-2/h7-8,13-14,19H,3-6,9-12H2,1-2H3,(H,22,28)/p+1/t19-/m1/s1. The second kappa shape index (κ2) is 8.84. The van der Waals surface area contributed by atoms with Crippen LogP contribution in [0.5, 0.6) is 0 Å². The SMILES string of the molecule is CCc1ccc2[nH]c(=O)c([C@H](c3nnnn3CCOC)[NH+]3CCCCC3)cc2c1. The maximum atomic E-state index is 13.1. The lowest BCUT2D eigenvalue weighted by molar-refractivity contribution is -0.931.